The molecule has 3 rings (SSSR count). The quantitative estimate of drug-likeness (QED) is 0.603. The van der Waals surface area contributed by atoms with Crippen LogP contribution < -0.4 is 16.4 Å². The largest absolute Gasteiger partial charge is 0.444 e. The van der Waals surface area contributed by atoms with Crippen LogP contribution >= 0.6 is 0 Å². The Morgan fingerprint density at radius 2 is 1.79 bits per heavy atom. The minimum Gasteiger partial charge on any atom is -0.444 e. The molecule has 0 saturated heterocycles. The first kappa shape index (κ1) is 19.2. The fourth-order valence-electron chi connectivity index (χ4n) is 2.43. The van der Waals surface area contributed by atoms with Crippen molar-refractivity contribution in [1.82, 2.24) is 9.97 Å². The molecule has 2 heterocycles. The minimum absolute atomic E-state index is 0.388. The van der Waals surface area contributed by atoms with Gasteiger partial charge in [0.1, 0.15) is 11.4 Å². The van der Waals surface area contributed by atoms with Gasteiger partial charge in [-0.2, -0.15) is 0 Å². The van der Waals surface area contributed by atoms with Crippen LogP contribution in [0.15, 0.2) is 60.8 Å². The molecule has 0 atom stereocenters. The highest BCUT2D eigenvalue weighted by atomic mass is 16.6. The molecule has 0 radical (unpaired) electrons. The van der Waals surface area contributed by atoms with Crippen LogP contribution in [0.5, 0.6) is 0 Å². The number of pyridine rings is 2. The Kier molecular flexibility index (Phi) is 5.44. The van der Waals surface area contributed by atoms with Gasteiger partial charge in [0.05, 0.1) is 23.3 Å². The van der Waals surface area contributed by atoms with E-state index in [4.69, 9.17) is 10.5 Å². The zero-order valence-corrected chi connectivity index (χ0v) is 16.1. The highest BCUT2D eigenvalue weighted by molar-refractivity contribution is 5.84. The summed E-state index contributed by atoms with van der Waals surface area (Å²) in [5.41, 5.74) is 8.51. The van der Waals surface area contributed by atoms with Gasteiger partial charge in [0.15, 0.2) is 5.82 Å². The third-order valence-corrected chi connectivity index (χ3v) is 3.65. The summed E-state index contributed by atoms with van der Waals surface area (Å²) >= 11 is 0. The molecular weight excluding hydrogens is 354 g/mol. The maximum absolute atomic E-state index is 11.8. The van der Waals surface area contributed by atoms with Crippen molar-refractivity contribution in [3.63, 3.8) is 0 Å². The van der Waals surface area contributed by atoms with Crippen LogP contribution in [0.3, 0.4) is 0 Å². The van der Waals surface area contributed by atoms with Gasteiger partial charge in [0.25, 0.3) is 0 Å². The van der Waals surface area contributed by atoms with Crippen LogP contribution in [0, 0.1) is 0 Å². The molecule has 0 bridgehead atoms. The van der Waals surface area contributed by atoms with Crippen molar-refractivity contribution in [3.05, 3.63) is 60.8 Å². The lowest BCUT2D eigenvalue weighted by Crippen LogP contribution is -2.27. The van der Waals surface area contributed by atoms with Gasteiger partial charge in [-0.3, -0.25) is 5.32 Å². The van der Waals surface area contributed by atoms with Gasteiger partial charge >= 0.3 is 6.09 Å². The minimum atomic E-state index is -0.571. The Morgan fingerprint density at radius 3 is 2.43 bits per heavy atom. The summed E-state index contributed by atoms with van der Waals surface area (Å²) in [5, 5.41) is 5.75. The Balaban J connectivity index is 1.71. The van der Waals surface area contributed by atoms with Crippen molar-refractivity contribution < 1.29 is 9.53 Å². The second-order valence-corrected chi connectivity index (χ2v) is 7.18. The van der Waals surface area contributed by atoms with Crippen molar-refractivity contribution in [3.8, 4) is 11.3 Å². The van der Waals surface area contributed by atoms with E-state index < -0.39 is 11.7 Å². The smallest absolute Gasteiger partial charge is 0.413 e. The first-order valence-electron chi connectivity index (χ1n) is 8.85. The van der Waals surface area contributed by atoms with E-state index in [1.54, 1.807) is 39.1 Å². The van der Waals surface area contributed by atoms with E-state index in [-0.39, 0.29) is 0 Å². The molecule has 144 valence electrons. The number of nitrogen functional groups attached to an aromatic ring is 1. The molecule has 3 aromatic rings. The van der Waals surface area contributed by atoms with E-state index in [9.17, 15) is 4.79 Å². The first-order chi connectivity index (χ1) is 13.3. The van der Waals surface area contributed by atoms with Crippen LogP contribution in [-0.4, -0.2) is 21.7 Å². The zero-order valence-electron chi connectivity index (χ0n) is 16.1. The van der Waals surface area contributed by atoms with E-state index >= 15 is 0 Å². The molecule has 7 heteroatoms. The summed E-state index contributed by atoms with van der Waals surface area (Å²) < 4.78 is 5.21. The van der Waals surface area contributed by atoms with Crippen LogP contribution in [0.4, 0.5) is 27.8 Å². The Labute approximate surface area is 164 Å². The van der Waals surface area contributed by atoms with E-state index in [1.807, 2.05) is 42.5 Å². The van der Waals surface area contributed by atoms with Crippen LogP contribution in [0.1, 0.15) is 20.8 Å². The van der Waals surface area contributed by atoms with Crippen LogP contribution in [0.2, 0.25) is 0 Å². The Bertz CT molecular complexity index is 951. The third-order valence-electron chi connectivity index (χ3n) is 3.65. The molecular formula is C21H23N5O2. The molecule has 0 unspecified atom stereocenters. The number of carbonyl (C=O) groups is 1. The number of aromatic nitrogens is 2. The molecule has 1 aromatic carbocycles. The first-order valence-corrected chi connectivity index (χ1v) is 8.85. The number of hydrogen-bond acceptors (Lipinski definition) is 6. The van der Waals surface area contributed by atoms with E-state index in [2.05, 4.69) is 20.6 Å². The van der Waals surface area contributed by atoms with Crippen molar-refractivity contribution in [2.45, 2.75) is 26.4 Å². The molecule has 0 aliphatic rings. The molecule has 7 nitrogen and oxygen atoms in total. The second-order valence-electron chi connectivity index (χ2n) is 7.18. The number of amides is 1. The summed E-state index contributed by atoms with van der Waals surface area (Å²) in [7, 11) is 0. The number of anilines is 4. The number of nitrogens with zero attached hydrogens (tertiary/aromatic N) is 2. The fourth-order valence-corrected chi connectivity index (χ4v) is 2.43. The Hall–Kier alpha value is -3.61. The number of ether oxygens (including phenoxy) is 1. The normalized spacial score (nSPS) is 11.0. The third kappa shape index (κ3) is 5.20. The topological polar surface area (TPSA) is 102 Å². The van der Waals surface area contributed by atoms with Gasteiger partial charge in [-0.25, -0.2) is 14.8 Å². The zero-order chi connectivity index (χ0) is 20.1. The van der Waals surface area contributed by atoms with Gasteiger partial charge in [0.2, 0.25) is 0 Å². The monoisotopic (exact) mass is 377 g/mol. The predicted molar refractivity (Wildman–Crippen MR) is 111 cm³/mol. The van der Waals surface area contributed by atoms with Gasteiger partial charge in [-0.05, 0) is 45.0 Å². The average molecular weight is 377 g/mol. The number of nitrogens with two attached hydrogens (primary N) is 1. The summed E-state index contributed by atoms with van der Waals surface area (Å²) in [6.45, 7) is 5.40. The van der Waals surface area contributed by atoms with E-state index in [0.29, 0.717) is 23.0 Å². The highest BCUT2D eigenvalue weighted by Gasteiger charge is 2.16. The molecule has 1 amide bonds. The average Bonchev–Trinajstić information content (AvgIpc) is 2.64. The molecule has 2 aromatic heterocycles. The standard InChI is InChI=1S/C21H23N5O2/c1-21(2,3)28-20(27)26-18-12-9-15(13-23-18)24-19-16(22)10-11-17(25-19)14-7-5-4-6-8-14/h4-13H,22H2,1-3H3,(H,24,25)(H,23,26,27). The summed E-state index contributed by atoms with van der Waals surface area (Å²) in [6.07, 6.45) is 1.03. The highest BCUT2D eigenvalue weighted by Crippen LogP contribution is 2.26. The maximum atomic E-state index is 11.8. The molecule has 0 aliphatic heterocycles. The predicted octanol–water partition coefficient (Wildman–Crippen LogP) is 4.82. The van der Waals surface area contributed by atoms with Crippen molar-refractivity contribution >= 4 is 29.1 Å². The molecule has 4 N–H and O–H groups in total. The molecule has 0 spiro atoms. The number of rotatable bonds is 4. The van der Waals surface area contributed by atoms with Crippen molar-refractivity contribution in [1.29, 1.82) is 0 Å². The lowest BCUT2D eigenvalue weighted by Gasteiger charge is -2.19. The maximum Gasteiger partial charge on any atom is 0.413 e. The number of nitrogens with one attached hydrogen (secondary N) is 2. The number of carbonyl (C=O) groups excluding carboxylic acids is 1. The second kappa shape index (κ2) is 7.96. The number of hydrogen-bond donors (Lipinski definition) is 3. The van der Waals surface area contributed by atoms with Crippen molar-refractivity contribution in [2.24, 2.45) is 0 Å². The van der Waals surface area contributed by atoms with Crippen LogP contribution in [-0.2, 0) is 4.74 Å². The summed E-state index contributed by atoms with van der Waals surface area (Å²) in [5.74, 6) is 0.926. The lowest BCUT2D eigenvalue weighted by atomic mass is 10.1. The molecule has 0 saturated carbocycles. The SMILES string of the molecule is CC(C)(C)OC(=O)Nc1ccc(Nc2nc(-c3ccccc3)ccc2N)cn1. The van der Waals surface area contributed by atoms with Gasteiger partial charge < -0.3 is 15.8 Å². The molecule has 28 heavy (non-hydrogen) atoms. The van der Waals surface area contributed by atoms with Crippen molar-refractivity contribution in [2.75, 3.05) is 16.4 Å². The van der Waals surface area contributed by atoms with E-state index in [1.165, 1.54) is 0 Å². The molecule has 0 aliphatic carbocycles. The van der Waals surface area contributed by atoms with E-state index in [0.717, 1.165) is 11.3 Å². The summed E-state index contributed by atoms with van der Waals surface area (Å²) in [4.78, 5) is 20.6. The Morgan fingerprint density at radius 1 is 1.04 bits per heavy atom. The molecule has 0 fully saturated rings. The summed E-state index contributed by atoms with van der Waals surface area (Å²) in [6, 6.07) is 17.0. The fraction of sp³-hybridized carbons (Fsp3) is 0.190. The number of benzene rings is 1. The lowest BCUT2D eigenvalue weighted by molar-refractivity contribution is 0.0635. The van der Waals surface area contributed by atoms with Gasteiger partial charge in [-0.15, -0.1) is 0 Å². The van der Waals surface area contributed by atoms with Gasteiger partial charge in [0, 0.05) is 5.56 Å². The van der Waals surface area contributed by atoms with Gasteiger partial charge in [-0.1, -0.05) is 30.3 Å². The van der Waals surface area contributed by atoms with Crippen LogP contribution in [0.25, 0.3) is 11.3 Å².